The molecule has 1 amide bonds. The number of amides is 1. The molecule has 1 fully saturated rings. The van der Waals surface area contributed by atoms with E-state index in [0.29, 0.717) is 11.6 Å². The van der Waals surface area contributed by atoms with Gasteiger partial charge in [0.25, 0.3) is 5.91 Å². The number of carbonyl (C=O) groups excluding carboxylic acids is 2. The normalized spacial score (nSPS) is 21.2. The Labute approximate surface area is 114 Å². The predicted octanol–water partition coefficient (Wildman–Crippen LogP) is 2.59. The summed E-state index contributed by atoms with van der Waals surface area (Å²) in [5, 5.41) is 2.67. The van der Waals surface area contributed by atoms with Crippen LogP contribution in [0.2, 0.25) is 0 Å². The summed E-state index contributed by atoms with van der Waals surface area (Å²) in [5.74, 6) is -0.224. The van der Waals surface area contributed by atoms with Gasteiger partial charge in [-0.1, -0.05) is 19.1 Å². The molecule has 4 nitrogen and oxygen atoms in total. The zero-order chi connectivity index (χ0) is 13.1. The van der Waals surface area contributed by atoms with E-state index in [-0.39, 0.29) is 24.4 Å². The second-order valence-electron chi connectivity index (χ2n) is 4.46. The molecule has 0 spiro atoms. The Hall–Kier alpha value is -1.36. The number of nitrogens with one attached hydrogen (secondary N) is 1. The molecule has 0 bridgehead atoms. The van der Waals surface area contributed by atoms with E-state index in [0.717, 1.165) is 10.9 Å². The van der Waals surface area contributed by atoms with Crippen LogP contribution in [0.3, 0.4) is 0 Å². The molecule has 0 aromatic heterocycles. The highest BCUT2D eigenvalue weighted by molar-refractivity contribution is 9.10. The lowest BCUT2D eigenvalue weighted by atomic mass is 10.3. The van der Waals surface area contributed by atoms with Crippen LogP contribution in [0, 0.1) is 11.8 Å². The summed E-state index contributed by atoms with van der Waals surface area (Å²) in [4.78, 5) is 23.0. The molecule has 1 aromatic rings. The molecule has 1 aliphatic rings. The maximum atomic E-state index is 11.6. The van der Waals surface area contributed by atoms with E-state index in [4.69, 9.17) is 4.74 Å². The molecule has 2 atom stereocenters. The number of esters is 1. The molecule has 2 rings (SSSR count). The highest BCUT2D eigenvalue weighted by Gasteiger charge is 2.40. The van der Waals surface area contributed by atoms with E-state index in [9.17, 15) is 9.59 Å². The zero-order valence-electron chi connectivity index (χ0n) is 9.98. The van der Waals surface area contributed by atoms with Crippen LogP contribution >= 0.6 is 15.9 Å². The van der Waals surface area contributed by atoms with E-state index in [1.807, 2.05) is 25.1 Å². The fraction of sp³-hybridized carbons (Fsp3) is 0.385. The van der Waals surface area contributed by atoms with Crippen molar-refractivity contribution in [3.8, 4) is 0 Å². The molecule has 0 radical (unpaired) electrons. The molecule has 0 heterocycles. The molecule has 96 valence electrons. The van der Waals surface area contributed by atoms with E-state index in [1.165, 1.54) is 0 Å². The minimum Gasteiger partial charge on any atom is -0.455 e. The van der Waals surface area contributed by atoms with Crippen molar-refractivity contribution in [3.63, 3.8) is 0 Å². The van der Waals surface area contributed by atoms with Crippen LogP contribution in [-0.2, 0) is 14.3 Å². The summed E-state index contributed by atoms with van der Waals surface area (Å²) in [5.41, 5.74) is 0.665. The van der Waals surface area contributed by atoms with Crippen LogP contribution in [0.25, 0.3) is 0 Å². The van der Waals surface area contributed by atoms with Gasteiger partial charge in [0.05, 0.1) is 11.6 Å². The molecular formula is C13H14BrNO3. The molecule has 0 saturated heterocycles. The van der Waals surface area contributed by atoms with Gasteiger partial charge in [-0.15, -0.1) is 0 Å². The lowest BCUT2D eigenvalue weighted by molar-refractivity contribution is -0.148. The molecule has 0 unspecified atom stereocenters. The molecule has 18 heavy (non-hydrogen) atoms. The lowest BCUT2D eigenvalue weighted by Crippen LogP contribution is -2.21. The van der Waals surface area contributed by atoms with Crippen LogP contribution < -0.4 is 5.32 Å². The van der Waals surface area contributed by atoms with Crippen molar-refractivity contribution < 1.29 is 14.3 Å². The van der Waals surface area contributed by atoms with Crippen molar-refractivity contribution in [1.82, 2.24) is 0 Å². The summed E-state index contributed by atoms with van der Waals surface area (Å²) in [6.45, 7) is 1.76. The van der Waals surface area contributed by atoms with Crippen LogP contribution in [0.5, 0.6) is 0 Å². The summed E-state index contributed by atoms with van der Waals surface area (Å²) >= 11 is 3.32. The van der Waals surface area contributed by atoms with E-state index < -0.39 is 0 Å². The number of hydrogen-bond acceptors (Lipinski definition) is 3. The topological polar surface area (TPSA) is 55.4 Å². The smallest absolute Gasteiger partial charge is 0.309 e. The number of anilines is 1. The predicted molar refractivity (Wildman–Crippen MR) is 71.0 cm³/mol. The van der Waals surface area contributed by atoms with Gasteiger partial charge < -0.3 is 10.1 Å². The van der Waals surface area contributed by atoms with Crippen molar-refractivity contribution in [2.45, 2.75) is 13.3 Å². The number of halogens is 1. The van der Waals surface area contributed by atoms with Gasteiger partial charge in [-0.2, -0.15) is 0 Å². The second-order valence-corrected chi connectivity index (χ2v) is 5.31. The van der Waals surface area contributed by atoms with Crippen molar-refractivity contribution in [3.05, 3.63) is 28.7 Å². The van der Waals surface area contributed by atoms with Gasteiger partial charge in [-0.05, 0) is 40.4 Å². The Morgan fingerprint density at radius 2 is 2.11 bits per heavy atom. The molecule has 5 heteroatoms. The van der Waals surface area contributed by atoms with E-state index in [2.05, 4.69) is 21.2 Å². The van der Waals surface area contributed by atoms with E-state index >= 15 is 0 Å². The van der Waals surface area contributed by atoms with Crippen molar-refractivity contribution >= 4 is 33.5 Å². The number of benzene rings is 1. The number of para-hydroxylation sites is 1. The highest BCUT2D eigenvalue weighted by Crippen LogP contribution is 2.38. The fourth-order valence-electron chi connectivity index (χ4n) is 1.64. The summed E-state index contributed by atoms with van der Waals surface area (Å²) < 4.78 is 5.74. The zero-order valence-corrected chi connectivity index (χ0v) is 11.6. The standard InChI is InChI=1S/C13H14BrNO3/c1-8-6-9(8)13(17)18-7-12(16)15-11-5-3-2-4-10(11)14/h2-5,8-9H,6-7H2,1H3,(H,15,16)/t8-,9-/m1/s1. The lowest BCUT2D eigenvalue weighted by Gasteiger charge is -2.07. The van der Waals surface area contributed by atoms with Gasteiger partial charge in [0.1, 0.15) is 0 Å². The maximum Gasteiger partial charge on any atom is 0.309 e. The van der Waals surface area contributed by atoms with E-state index in [1.54, 1.807) is 6.07 Å². The number of rotatable bonds is 4. The SMILES string of the molecule is C[C@@H]1C[C@H]1C(=O)OCC(=O)Nc1ccccc1Br. The third-order valence-electron chi connectivity index (χ3n) is 2.91. The molecule has 1 aromatic carbocycles. The minimum atomic E-state index is -0.330. The Balaban J connectivity index is 1.79. The average Bonchev–Trinajstić information content (AvgIpc) is 3.06. The molecule has 0 aliphatic heterocycles. The first-order valence-electron chi connectivity index (χ1n) is 5.79. The van der Waals surface area contributed by atoms with Gasteiger partial charge in [0.15, 0.2) is 6.61 Å². The van der Waals surface area contributed by atoms with Gasteiger partial charge >= 0.3 is 5.97 Å². The first-order valence-corrected chi connectivity index (χ1v) is 6.58. The Morgan fingerprint density at radius 1 is 1.44 bits per heavy atom. The van der Waals surface area contributed by atoms with Gasteiger partial charge in [0, 0.05) is 4.47 Å². The maximum absolute atomic E-state index is 11.6. The van der Waals surface area contributed by atoms with Gasteiger partial charge in [0.2, 0.25) is 0 Å². The summed E-state index contributed by atoms with van der Waals surface area (Å²) in [6, 6.07) is 7.27. The van der Waals surface area contributed by atoms with Crippen LogP contribution in [0.15, 0.2) is 28.7 Å². The van der Waals surface area contributed by atoms with Crippen molar-refractivity contribution in [2.24, 2.45) is 11.8 Å². The largest absolute Gasteiger partial charge is 0.455 e. The number of hydrogen-bond donors (Lipinski definition) is 1. The molecule has 1 N–H and O–H groups in total. The average molecular weight is 312 g/mol. The first kappa shape index (κ1) is 13.1. The second kappa shape index (κ2) is 5.52. The van der Waals surface area contributed by atoms with Gasteiger partial charge in [-0.3, -0.25) is 9.59 Å². The van der Waals surface area contributed by atoms with Crippen LogP contribution in [0.1, 0.15) is 13.3 Å². The third-order valence-corrected chi connectivity index (χ3v) is 3.60. The third kappa shape index (κ3) is 3.32. The quantitative estimate of drug-likeness (QED) is 0.870. The highest BCUT2D eigenvalue weighted by atomic mass is 79.9. The van der Waals surface area contributed by atoms with Crippen LogP contribution in [-0.4, -0.2) is 18.5 Å². The molecular weight excluding hydrogens is 298 g/mol. The van der Waals surface area contributed by atoms with Crippen LogP contribution in [0.4, 0.5) is 5.69 Å². The van der Waals surface area contributed by atoms with Crippen molar-refractivity contribution in [2.75, 3.05) is 11.9 Å². The van der Waals surface area contributed by atoms with Crippen molar-refractivity contribution in [1.29, 1.82) is 0 Å². The Bertz CT molecular complexity index is 475. The fourth-order valence-corrected chi connectivity index (χ4v) is 2.03. The first-order chi connectivity index (χ1) is 8.58. The summed E-state index contributed by atoms with van der Waals surface area (Å²) in [6.07, 6.45) is 0.866. The summed E-state index contributed by atoms with van der Waals surface area (Å²) in [7, 11) is 0. The monoisotopic (exact) mass is 311 g/mol. The Morgan fingerprint density at radius 3 is 2.72 bits per heavy atom. The van der Waals surface area contributed by atoms with Gasteiger partial charge in [-0.25, -0.2) is 0 Å². The molecule has 1 aliphatic carbocycles. The number of carbonyl (C=O) groups is 2. The minimum absolute atomic E-state index is 0.0127. The Kier molecular flexibility index (Phi) is 4.01. The number of ether oxygens (including phenoxy) is 1. The molecule has 1 saturated carbocycles.